The van der Waals surface area contributed by atoms with Crippen molar-refractivity contribution in [1.82, 2.24) is 10.6 Å². The zero-order valence-corrected chi connectivity index (χ0v) is 13.8. The van der Waals surface area contributed by atoms with Crippen LogP contribution in [-0.4, -0.2) is 37.2 Å². The minimum atomic E-state index is -0.173. The Labute approximate surface area is 134 Å². The van der Waals surface area contributed by atoms with Gasteiger partial charge in [-0.25, -0.2) is 0 Å². The number of rotatable bonds is 2. The molecule has 3 aliphatic rings. The number of carbonyl (C=O) groups is 1. The Balaban J connectivity index is 0.00000161. The summed E-state index contributed by atoms with van der Waals surface area (Å²) in [7, 11) is 0. The van der Waals surface area contributed by atoms with Crippen molar-refractivity contribution >= 4 is 18.3 Å². The summed E-state index contributed by atoms with van der Waals surface area (Å²) < 4.78 is 5.56. The second-order valence-electron chi connectivity index (χ2n) is 6.83. The molecule has 2 N–H and O–H groups in total. The topological polar surface area (TPSA) is 50.4 Å². The average Bonchev–Trinajstić information content (AvgIpc) is 2.47. The Morgan fingerprint density at radius 1 is 1.14 bits per heavy atom. The van der Waals surface area contributed by atoms with E-state index in [-0.39, 0.29) is 30.5 Å². The Kier molecular flexibility index (Phi) is 6.33. The van der Waals surface area contributed by atoms with E-state index in [2.05, 4.69) is 10.6 Å². The molecule has 2 saturated carbocycles. The summed E-state index contributed by atoms with van der Waals surface area (Å²) in [6.07, 6.45) is 9.23. The number of halogens is 1. The molecule has 0 aromatic rings. The molecule has 1 amide bonds. The molecule has 0 aromatic carbocycles. The van der Waals surface area contributed by atoms with Crippen LogP contribution >= 0.6 is 12.4 Å². The van der Waals surface area contributed by atoms with Crippen molar-refractivity contribution in [3.63, 3.8) is 0 Å². The Bertz CT molecular complexity index is 353. The minimum absolute atomic E-state index is 0. The number of hydrogen-bond acceptors (Lipinski definition) is 3. The maximum absolute atomic E-state index is 12.4. The van der Waals surface area contributed by atoms with Crippen LogP contribution in [0.5, 0.6) is 0 Å². The van der Waals surface area contributed by atoms with Gasteiger partial charge in [-0.1, -0.05) is 25.7 Å². The van der Waals surface area contributed by atoms with E-state index in [9.17, 15) is 4.79 Å². The molecule has 0 spiro atoms. The van der Waals surface area contributed by atoms with Gasteiger partial charge in [0.15, 0.2) is 0 Å². The van der Waals surface area contributed by atoms with Crippen LogP contribution in [0.25, 0.3) is 0 Å². The second-order valence-corrected chi connectivity index (χ2v) is 6.83. The molecule has 1 heterocycles. The first-order valence-corrected chi connectivity index (χ1v) is 8.39. The van der Waals surface area contributed by atoms with Crippen LogP contribution in [0.15, 0.2) is 0 Å². The average molecular weight is 317 g/mol. The Morgan fingerprint density at radius 3 is 2.67 bits per heavy atom. The van der Waals surface area contributed by atoms with E-state index < -0.39 is 0 Å². The quantitative estimate of drug-likeness (QED) is 0.821. The molecule has 3 rings (SSSR count). The van der Waals surface area contributed by atoms with Crippen LogP contribution in [0.4, 0.5) is 0 Å². The maximum atomic E-state index is 12.4. The molecule has 0 bridgehead atoms. The summed E-state index contributed by atoms with van der Waals surface area (Å²) in [5.41, 5.74) is 0. The molecule has 122 valence electrons. The maximum Gasteiger partial charge on any atom is 0.240 e. The first-order chi connectivity index (χ1) is 9.74. The van der Waals surface area contributed by atoms with Gasteiger partial charge in [-0.15, -0.1) is 12.4 Å². The monoisotopic (exact) mass is 316 g/mol. The highest BCUT2D eigenvalue weighted by Crippen LogP contribution is 2.40. The Morgan fingerprint density at radius 2 is 1.90 bits per heavy atom. The van der Waals surface area contributed by atoms with E-state index in [1.807, 2.05) is 6.92 Å². The van der Waals surface area contributed by atoms with Gasteiger partial charge in [0.2, 0.25) is 5.91 Å². The van der Waals surface area contributed by atoms with E-state index in [1.165, 1.54) is 38.5 Å². The Hall–Kier alpha value is -0.320. The fraction of sp³-hybridized carbons (Fsp3) is 0.938. The fourth-order valence-electron chi connectivity index (χ4n) is 4.32. The van der Waals surface area contributed by atoms with Crippen LogP contribution in [0.2, 0.25) is 0 Å². The molecule has 1 saturated heterocycles. The van der Waals surface area contributed by atoms with Crippen LogP contribution in [0.3, 0.4) is 0 Å². The highest BCUT2D eigenvalue weighted by molar-refractivity contribution is 5.85. The van der Waals surface area contributed by atoms with Crippen LogP contribution in [0.1, 0.15) is 51.9 Å². The number of morpholine rings is 1. The van der Waals surface area contributed by atoms with Crippen LogP contribution < -0.4 is 10.6 Å². The van der Waals surface area contributed by atoms with E-state index in [1.54, 1.807) is 0 Å². The van der Waals surface area contributed by atoms with E-state index in [4.69, 9.17) is 4.74 Å². The summed E-state index contributed by atoms with van der Waals surface area (Å²) in [6, 6.07) is 0.214. The second kappa shape index (κ2) is 7.80. The summed E-state index contributed by atoms with van der Waals surface area (Å²) in [6.45, 7) is 3.46. The van der Waals surface area contributed by atoms with Crippen molar-refractivity contribution < 1.29 is 9.53 Å². The SMILES string of the molecule is C[C@H]1OCCN[C@@H]1C(=O)NC1CCC2CCCCC2C1.Cl. The molecule has 1 aliphatic heterocycles. The molecule has 5 heteroatoms. The summed E-state index contributed by atoms with van der Waals surface area (Å²) in [5, 5.41) is 6.55. The molecule has 0 aromatic heterocycles. The molecule has 3 fully saturated rings. The van der Waals surface area contributed by atoms with Crippen molar-refractivity contribution in [2.75, 3.05) is 13.2 Å². The number of hydrogen-bond donors (Lipinski definition) is 2. The highest BCUT2D eigenvalue weighted by atomic mass is 35.5. The minimum Gasteiger partial charge on any atom is -0.375 e. The fourth-order valence-corrected chi connectivity index (χ4v) is 4.32. The van der Waals surface area contributed by atoms with Crippen LogP contribution in [0, 0.1) is 11.8 Å². The van der Waals surface area contributed by atoms with Gasteiger partial charge in [0.25, 0.3) is 0 Å². The third kappa shape index (κ3) is 4.11. The van der Waals surface area contributed by atoms with Gasteiger partial charge in [-0.05, 0) is 38.0 Å². The van der Waals surface area contributed by atoms with E-state index in [0.717, 1.165) is 24.8 Å². The number of amides is 1. The molecule has 21 heavy (non-hydrogen) atoms. The molecular formula is C16H29ClN2O2. The molecule has 0 radical (unpaired) electrons. The van der Waals surface area contributed by atoms with Gasteiger partial charge in [-0.2, -0.15) is 0 Å². The van der Waals surface area contributed by atoms with Gasteiger partial charge < -0.3 is 15.4 Å². The van der Waals surface area contributed by atoms with Crippen molar-refractivity contribution in [3.05, 3.63) is 0 Å². The number of ether oxygens (including phenoxy) is 1. The van der Waals surface area contributed by atoms with Gasteiger partial charge in [-0.3, -0.25) is 4.79 Å². The lowest BCUT2D eigenvalue weighted by Crippen LogP contribution is -2.57. The summed E-state index contributed by atoms with van der Waals surface area (Å²) >= 11 is 0. The zero-order chi connectivity index (χ0) is 13.9. The van der Waals surface area contributed by atoms with Crippen molar-refractivity contribution in [2.24, 2.45) is 11.8 Å². The smallest absolute Gasteiger partial charge is 0.240 e. The van der Waals surface area contributed by atoms with Crippen molar-refractivity contribution in [2.45, 2.75) is 70.1 Å². The van der Waals surface area contributed by atoms with Crippen molar-refractivity contribution in [1.29, 1.82) is 0 Å². The first-order valence-electron chi connectivity index (χ1n) is 8.39. The lowest BCUT2D eigenvalue weighted by molar-refractivity contribution is -0.130. The van der Waals surface area contributed by atoms with Gasteiger partial charge in [0, 0.05) is 12.6 Å². The molecule has 3 unspecified atom stereocenters. The lowest BCUT2D eigenvalue weighted by atomic mass is 9.69. The molecule has 4 nitrogen and oxygen atoms in total. The first kappa shape index (κ1) is 17.0. The van der Waals surface area contributed by atoms with Gasteiger partial charge >= 0.3 is 0 Å². The van der Waals surface area contributed by atoms with Crippen molar-refractivity contribution in [3.8, 4) is 0 Å². The van der Waals surface area contributed by atoms with Gasteiger partial charge in [0.1, 0.15) is 6.04 Å². The molecular weight excluding hydrogens is 288 g/mol. The lowest BCUT2D eigenvalue weighted by Gasteiger charge is -2.40. The third-order valence-electron chi connectivity index (χ3n) is 5.49. The summed E-state index contributed by atoms with van der Waals surface area (Å²) in [5.74, 6) is 1.93. The van der Waals surface area contributed by atoms with Crippen LogP contribution in [-0.2, 0) is 9.53 Å². The predicted molar refractivity (Wildman–Crippen MR) is 85.7 cm³/mol. The van der Waals surface area contributed by atoms with Gasteiger partial charge in [0.05, 0.1) is 12.7 Å². The number of nitrogens with one attached hydrogen (secondary N) is 2. The number of carbonyl (C=O) groups excluding carboxylic acids is 1. The molecule has 2 aliphatic carbocycles. The zero-order valence-electron chi connectivity index (χ0n) is 13.0. The number of fused-ring (bicyclic) bond motifs is 1. The third-order valence-corrected chi connectivity index (χ3v) is 5.49. The standard InChI is InChI=1S/C16H28N2O2.ClH/c1-11-15(17-8-9-20-11)16(19)18-14-7-6-12-4-2-3-5-13(12)10-14;/h11-15,17H,2-10H2,1H3,(H,18,19);1H/t11-,12?,13?,14?,15+;/m1./s1. The predicted octanol–water partition coefficient (Wildman–Crippen LogP) is 2.26. The van der Waals surface area contributed by atoms with E-state index in [0.29, 0.717) is 12.6 Å². The molecule has 5 atom stereocenters. The van der Waals surface area contributed by atoms with E-state index >= 15 is 0 Å². The summed E-state index contributed by atoms with van der Waals surface area (Å²) in [4.78, 5) is 12.4. The largest absolute Gasteiger partial charge is 0.375 e. The highest BCUT2D eigenvalue weighted by Gasteiger charge is 2.35. The normalized spacial score (nSPS) is 39.8.